The molecule has 1 saturated heterocycles. The minimum absolute atomic E-state index is 0.116. The Balaban J connectivity index is 1.31. The van der Waals surface area contributed by atoms with Crippen LogP contribution in [0.25, 0.3) is 0 Å². The summed E-state index contributed by atoms with van der Waals surface area (Å²) in [4.78, 5) is 67.6. The fourth-order valence-corrected chi connectivity index (χ4v) is 5.12. The topological polar surface area (TPSA) is 91.6 Å². The Hall–Kier alpha value is -5.17. The highest BCUT2D eigenvalue weighted by Crippen LogP contribution is 2.46. The van der Waals surface area contributed by atoms with Gasteiger partial charge in [-0.1, -0.05) is 60.7 Å². The van der Waals surface area contributed by atoms with Crippen LogP contribution in [0.1, 0.15) is 70.3 Å². The van der Waals surface area contributed by atoms with Crippen molar-refractivity contribution in [3.63, 3.8) is 0 Å². The number of carbonyl (C=O) groups excluding carboxylic acids is 5. The Kier molecular flexibility index (Phi) is 5.76. The van der Waals surface area contributed by atoms with Crippen molar-refractivity contribution < 1.29 is 24.0 Å². The molecule has 6 rings (SSSR count). The van der Waals surface area contributed by atoms with E-state index in [0.717, 1.165) is 10.5 Å². The largest absolute Gasteiger partial charge is 0.316 e. The molecule has 0 N–H and O–H groups in total. The number of benzene rings is 4. The number of carbonyl (C=O) groups is 5. The monoisotopic (exact) mass is 514 g/mol. The Morgan fingerprint density at radius 1 is 0.641 bits per heavy atom. The molecule has 3 amide bonds. The van der Waals surface area contributed by atoms with E-state index in [1.807, 2.05) is 36.4 Å². The van der Waals surface area contributed by atoms with E-state index in [9.17, 15) is 24.0 Å². The Morgan fingerprint density at radius 2 is 1.23 bits per heavy atom. The predicted octanol–water partition coefficient (Wildman–Crippen LogP) is 5.14. The number of imide groups is 1. The number of Topliss-reactive ketones (excluding diaryl/α,β-unsaturated/α-hetero) is 2. The molecule has 4 aromatic rings. The van der Waals surface area contributed by atoms with Crippen LogP contribution in [0.4, 0.5) is 5.69 Å². The molecule has 7 nitrogen and oxygen atoms in total. The molecule has 0 saturated carbocycles. The third-order valence-electron chi connectivity index (χ3n) is 7.18. The maximum absolute atomic E-state index is 13.7. The summed E-state index contributed by atoms with van der Waals surface area (Å²) in [6.45, 7) is 1.44. The number of ketones is 2. The number of amides is 3. The van der Waals surface area contributed by atoms with Gasteiger partial charge in [-0.25, -0.2) is 4.90 Å². The lowest BCUT2D eigenvalue weighted by atomic mass is 10.0. The maximum Gasteiger partial charge on any atom is 0.266 e. The lowest BCUT2D eigenvalue weighted by Gasteiger charge is -2.14. The summed E-state index contributed by atoms with van der Waals surface area (Å²) in [5.74, 6) is -1.74. The van der Waals surface area contributed by atoms with Crippen LogP contribution in [0.15, 0.2) is 103 Å². The van der Waals surface area contributed by atoms with Crippen molar-refractivity contribution in [3.8, 4) is 0 Å². The highest BCUT2D eigenvalue weighted by Gasteiger charge is 2.56. The van der Waals surface area contributed by atoms with Gasteiger partial charge in [0.15, 0.2) is 11.6 Å². The molecule has 2 heterocycles. The highest BCUT2D eigenvalue weighted by molar-refractivity contribution is 6.34. The lowest BCUT2D eigenvalue weighted by Crippen LogP contribution is -2.29. The number of fused-ring (bicyclic) bond motifs is 1. The lowest BCUT2D eigenvalue weighted by molar-refractivity contribution is 0.0833. The van der Waals surface area contributed by atoms with Crippen LogP contribution >= 0.6 is 0 Å². The quantitative estimate of drug-likeness (QED) is 0.202. The van der Waals surface area contributed by atoms with Gasteiger partial charge in [0.1, 0.15) is 6.04 Å². The third kappa shape index (κ3) is 4.05. The number of hydrogen-bond donors (Lipinski definition) is 0. The molecule has 1 fully saturated rings. The van der Waals surface area contributed by atoms with E-state index in [2.05, 4.69) is 0 Å². The van der Waals surface area contributed by atoms with Gasteiger partial charge >= 0.3 is 0 Å². The van der Waals surface area contributed by atoms with Crippen molar-refractivity contribution >= 4 is 35.0 Å². The second kappa shape index (κ2) is 9.29. The average molecular weight is 515 g/mol. The molecule has 0 aromatic heterocycles. The highest BCUT2D eigenvalue weighted by atomic mass is 16.2. The van der Waals surface area contributed by atoms with Crippen LogP contribution in [-0.4, -0.2) is 40.2 Å². The SMILES string of the molecule is CC(=O)c1ccc(N2C(=O)c3ccc(C(=O)N4[C@H](C(=O)c5ccccc5)[C@@H]4c4ccccc4)cc3C2=O)cc1. The van der Waals surface area contributed by atoms with Crippen molar-refractivity contribution in [1.82, 2.24) is 4.90 Å². The average Bonchev–Trinajstić information content (AvgIpc) is 3.67. The summed E-state index contributed by atoms with van der Waals surface area (Å²) in [6.07, 6.45) is 0. The first-order valence-electron chi connectivity index (χ1n) is 12.5. The molecular formula is C32H22N2O5. The van der Waals surface area contributed by atoms with Crippen LogP contribution < -0.4 is 4.90 Å². The second-order valence-corrected chi connectivity index (χ2v) is 9.55. The summed E-state index contributed by atoms with van der Waals surface area (Å²) in [7, 11) is 0. The molecular weight excluding hydrogens is 492 g/mol. The van der Waals surface area contributed by atoms with Crippen LogP contribution in [-0.2, 0) is 0 Å². The molecule has 0 radical (unpaired) electrons. The van der Waals surface area contributed by atoms with Gasteiger partial charge in [0.2, 0.25) is 0 Å². The van der Waals surface area contributed by atoms with Gasteiger partial charge in [0.05, 0.1) is 22.9 Å². The van der Waals surface area contributed by atoms with Crippen molar-refractivity contribution in [2.75, 3.05) is 4.90 Å². The number of rotatable bonds is 6. The molecule has 4 aromatic carbocycles. The first kappa shape index (κ1) is 24.2. The Morgan fingerprint density at radius 3 is 1.87 bits per heavy atom. The molecule has 0 spiro atoms. The number of hydrogen-bond acceptors (Lipinski definition) is 5. The van der Waals surface area contributed by atoms with Gasteiger partial charge < -0.3 is 4.90 Å². The molecule has 0 unspecified atom stereocenters. The number of nitrogens with zero attached hydrogens (tertiary/aromatic N) is 2. The van der Waals surface area contributed by atoms with Gasteiger partial charge in [0.25, 0.3) is 17.7 Å². The fourth-order valence-electron chi connectivity index (χ4n) is 5.12. The van der Waals surface area contributed by atoms with Gasteiger partial charge in [-0.15, -0.1) is 0 Å². The molecule has 7 heteroatoms. The van der Waals surface area contributed by atoms with Gasteiger partial charge in [-0.2, -0.15) is 0 Å². The molecule has 2 atom stereocenters. The minimum atomic E-state index is -0.677. The summed E-state index contributed by atoms with van der Waals surface area (Å²) >= 11 is 0. The normalized spacial score (nSPS) is 17.7. The molecule has 0 aliphatic carbocycles. The van der Waals surface area contributed by atoms with Crippen molar-refractivity contribution in [3.05, 3.63) is 137 Å². The molecule has 0 bridgehead atoms. The van der Waals surface area contributed by atoms with Crippen LogP contribution in [0, 0.1) is 0 Å². The van der Waals surface area contributed by atoms with E-state index in [4.69, 9.17) is 0 Å². The fraction of sp³-hybridized carbons (Fsp3) is 0.0938. The van der Waals surface area contributed by atoms with E-state index in [0.29, 0.717) is 16.8 Å². The summed E-state index contributed by atoms with van der Waals surface area (Å²) in [6, 6.07) is 27.7. The standard InChI is InChI=1S/C32H22N2O5/c1-19(35)20-12-15-24(16-13-20)33-31(38)25-17-14-23(18-26(25)32(33)39)30(37)34-27(21-8-4-2-5-9-21)28(34)29(36)22-10-6-3-7-11-22/h2-18,27-28H,1H3/t27-,28-,34?/m0/s1. The zero-order chi connectivity index (χ0) is 27.3. The predicted molar refractivity (Wildman–Crippen MR) is 144 cm³/mol. The van der Waals surface area contributed by atoms with Gasteiger partial charge in [-0.05, 0) is 55.0 Å². The van der Waals surface area contributed by atoms with Crippen molar-refractivity contribution in [1.29, 1.82) is 0 Å². The Bertz CT molecular complexity index is 1660. The van der Waals surface area contributed by atoms with Crippen LogP contribution in [0.5, 0.6) is 0 Å². The molecule has 2 aliphatic rings. The molecule has 39 heavy (non-hydrogen) atoms. The van der Waals surface area contributed by atoms with Gasteiger partial charge in [0, 0.05) is 16.7 Å². The van der Waals surface area contributed by atoms with E-state index >= 15 is 0 Å². The first-order valence-corrected chi connectivity index (χ1v) is 12.5. The summed E-state index contributed by atoms with van der Waals surface area (Å²) < 4.78 is 0. The molecule has 190 valence electrons. The third-order valence-corrected chi connectivity index (χ3v) is 7.18. The minimum Gasteiger partial charge on any atom is -0.316 e. The van der Waals surface area contributed by atoms with Crippen LogP contribution in [0.2, 0.25) is 0 Å². The van der Waals surface area contributed by atoms with E-state index in [1.54, 1.807) is 48.5 Å². The number of anilines is 1. The van der Waals surface area contributed by atoms with E-state index < -0.39 is 29.8 Å². The Labute approximate surface area is 224 Å². The van der Waals surface area contributed by atoms with Crippen LogP contribution in [0.3, 0.4) is 0 Å². The van der Waals surface area contributed by atoms with Crippen molar-refractivity contribution in [2.24, 2.45) is 0 Å². The van der Waals surface area contributed by atoms with Gasteiger partial charge in [-0.3, -0.25) is 24.0 Å². The van der Waals surface area contributed by atoms with E-state index in [1.165, 1.54) is 30.0 Å². The molecule has 2 aliphatic heterocycles. The maximum atomic E-state index is 13.7. The zero-order valence-corrected chi connectivity index (χ0v) is 20.9. The smallest absolute Gasteiger partial charge is 0.266 e. The summed E-state index contributed by atoms with van der Waals surface area (Å²) in [5.41, 5.74) is 2.68. The zero-order valence-electron chi connectivity index (χ0n) is 20.9. The summed E-state index contributed by atoms with van der Waals surface area (Å²) in [5, 5.41) is 0. The van der Waals surface area contributed by atoms with E-state index in [-0.39, 0.29) is 28.3 Å². The second-order valence-electron chi connectivity index (χ2n) is 9.55. The first-order chi connectivity index (χ1) is 18.9. The van der Waals surface area contributed by atoms with Crippen molar-refractivity contribution in [2.45, 2.75) is 19.0 Å².